The maximum absolute atomic E-state index is 10.2. The summed E-state index contributed by atoms with van der Waals surface area (Å²) in [5, 5.41) is 9.39. The van der Waals surface area contributed by atoms with Crippen molar-refractivity contribution < 1.29 is 9.90 Å². The molecule has 2 aromatic rings. The highest BCUT2D eigenvalue weighted by molar-refractivity contribution is 6.30. The van der Waals surface area contributed by atoms with Gasteiger partial charge in [-0.25, -0.2) is 0 Å². The average molecular weight is 251 g/mol. The predicted octanol–water partition coefficient (Wildman–Crippen LogP) is 2.52. The van der Waals surface area contributed by atoms with Gasteiger partial charge in [0, 0.05) is 23.1 Å². The van der Waals surface area contributed by atoms with Gasteiger partial charge in [-0.15, -0.1) is 0 Å². The Morgan fingerprint density at radius 1 is 1.24 bits per heavy atom. The third-order valence-corrected chi connectivity index (χ3v) is 2.06. The van der Waals surface area contributed by atoms with Crippen LogP contribution in [0, 0.1) is 0 Å². The summed E-state index contributed by atoms with van der Waals surface area (Å²) < 4.78 is 0. The molecule has 0 unspecified atom stereocenters. The van der Waals surface area contributed by atoms with E-state index in [9.17, 15) is 4.79 Å². The maximum Gasteiger partial charge on any atom is 0.153 e. The molecule has 88 valence electrons. The number of rotatable bonds is 1. The Kier molecular flexibility index (Phi) is 4.97. The molecule has 3 N–H and O–H groups in total. The molecular weight excluding hydrogens is 240 g/mol. The molecule has 2 rings (SSSR count). The number of anilines is 1. The summed E-state index contributed by atoms with van der Waals surface area (Å²) in [4.78, 5) is 13.9. The van der Waals surface area contributed by atoms with Crippen LogP contribution in [-0.4, -0.2) is 16.4 Å². The van der Waals surface area contributed by atoms with E-state index in [-0.39, 0.29) is 11.3 Å². The number of nitrogens with zero attached hydrogens (tertiary/aromatic N) is 1. The van der Waals surface area contributed by atoms with Crippen LogP contribution < -0.4 is 5.73 Å². The quantitative estimate of drug-likeness (QED) is 0.763. The number of nitrogen functional groups attached to an aromatic ring is 1. The molecule has 0 aliphatic rings. The van der Waals surface area contributed by atoms with Gasteiger partial charge in [-0.05, 0) is 30.3 Å². The molecule has 0 saturated carbocycles. The summed E-state index contributed by atoms with van der Waals surface area (Å²) in [7, 11) is 0. The van der Waals surface area contributed by atoms with E-state index in [0.29, 0.717) is 11.3 Å². The van der Waals surface area contributed by atoms with Crippen molar-refractivity contribution in [3.63, 3.8) is 0 Å². The number of aromatic hydroxyl groups is 1. The van der Waals surface area contributed by atoms with E-state index in [1.165, 1.54) is 18.2 Å². The smallest absolute Gasteiger partial charge is 0.153 e. The molecule has 0 aliphatic heterocycles. The SMILES string of the molecule is Nc1ccncc1.O=Cc1cc(Cl)ccc1O. The minimum absolute atomic E-state index is 0.0422. The zero-order chi connectivity index (χ0) is 12.7. The standard InChI is InChI=1S/C7H5ClO2.C5H6N2/c8-6-1-2-7(10)5(3-6)4-9;6-5-1-3-7-4-2-5/h1-4,10H;1-4H,(H2,6,7). The number of carbonyl (C=O) groups is 1. The molecular formula is C12H11ClN2O2. The number of benzene rings is 1. The van der Waals surface area contributed by atoms with Gasteiger partial charge in [-0.1, -0.05) is 11.6 Å². The number of aromatic nitrogens is 1. The van der Waals surface area contributed by atoms with E-state index < -0.39 is 0 Å². The number of nitrogens with two attached hydrogens (primary N) is 1. The number of carbonyl (C=O) groups excluding carboxylic acids is 1. The molecule has 0 fully saturated rings. The Bertz CT molecular complexity index is 489. The lowest BCUT2D eigenvalue weighted by Gasteiger charge is -1.94. The van der Waals surface area contributed by atoms with Crippen LogP contribution in [0.1, 0.15) is 10.4 Å². The van der Waals surface area contributed by atoms with Gasteiger partial charge < -0.3 is 10.8 Å². The summed E-state index contributed by atoms with van der Waals surface area (Å²) in [6.07, 6.45) is 3.88. The highest BCUT2D eigenvalue weighted by Crippen LogP contribution is 2.18. The first-order chi connectivity index (χ1) is 8.13. The third-order valence-electron chi connectivity index (χ3n) is 1.82. The first kappa shape index (κ1) is 13.0. The van der Waals surface area contributed by atoms with Crippen LogP contribution in [-0.2, 0) is 0 Å². The fourth-order valence-electron chi connectivity index (χ4n) is 0.983. The fraction of sp³-hybridized carbons (Fsp3) is 0. The molecule has 0 saturated heterocycles. The number of pyridine rings is 1. The molecule has 0 amide bonds. The van der Waals surface area contributed by atoms with Crippen LogP contribution in [0.25, 0.3) is 0 Å². The second-order valence-electron chi connectivity index (χ2n) is 3.10. The second kappa shape index (κ2) is 6.50. The van der Waals surface area contributed by atoms with E-state index in [0.717, 1.165) is 5.69 Å². The second-order valence-corrected chi connectivity index (χ2v) is 3.54. The molecule has 0 bridgehead atoms. The first-order valence-corrected chi connectivity index (χ1v) is 5.10. The summed E-state index contributed by atoms with van der Waals surface area (Å²) in [5.74, 6) is -0.0422. The molecule has 0 radical (unpaired) electrons. The first-order valence-electron chi connectivity index (χ1n) is 4.72. The van der Waals surface area contributed by atoms with Crippen LogP contribution in [0.2, 0.25) is 5.02 Å². The Labute approximate surface area is 104 Å². The van der Waals surface area contributed by atoms with Crippen LogP contribution in [0.4, 0.5) is 5.69 Å². The molecule has 0 aliphatic carbocycles. The van der Waals surface area contributed by atoms with Crippen molar-refractivity contribution in [2.24, 2.45) is 0 Å². The minimum atomic E-state index is -0.0422. The van der Waals surface area contributed by atoms with Crippen molar-refractivity contribution in [3.8, 4) is 5.75 Å². The monoisotopic (exact) mass is 250 g/mol. The fourth-order valence-corrected chi connectivity index (χ4v) is 1.16. The molecule has 1 aromatic carbocycles. The summed E-state index contributed by atoms with van der Waals surface area (Å²) in [5.41, 5.74) is 6.29. The van der Waals surface area contributed by atoms with Gasteiger partial charge in [0.1, 0.15) is 5.75 Å². The third kappa shape index (κ3) is 4.53. The zero-order valence-electron chi connectivity index (χ0n) is 8.88. The van der Waals surface area contributed by atoms with Crippen molar-refractivity contribution >= 4 is 23.6 Å². The van der Waals surface area contributed by atoms with Crippen molar-refractivity contribution in [1.82, 2.24) is 4.98 Å². The summed E-state index contributed by atoms with van der Waals surface area (Å²) in [6.45, 7) is 0. The van der Waals surface area contributed by atoms with E-state index in [4.69, 9.17) is 22.4 Å². The normalized spacial score (nSPS) is 9.00. The molecule has 1 heterocycles. The van der Waals surface area contributed by atoms with Gasteiger partial charge in [0.2, 0.25) is 0 Å². The Balaban J connectivity index is 0.000000181. The lowest BCUT2D eigenvalue weighted by atomic mass is 10.2. The highest BCUT2D eigenvalue weighted by atomic mass is 35.5. The number of hydrogen-bond acceptors (Lipinski definition) is 4. The Hall–Kier alpha value is -2.07. The minimum Gasteiger partial charge on any atom is -0.507 e. The molecule has 5 heteroatoms. The topological polar surface area (TPSA) is 76.2 Å². The van der Waals surface area contributed by atoms with Gasteiger partial charge in [-0.3, -0.25) is 9.78 Å². The summed E-state index contributed by atoms with van der Waals surface area (Å²) >= 11 is 5.53. The van der Waals surface area contributed by atoms with Crippen LogP contribution in [0.3, 0.4) is 0 Å². The van der Waals surface area contributed by atoms with Crippen LogP contribution in [0.15, 0.2) is 42.7 Å². The number of phenols is 1. The highest BCUT2D eigenvalue weighted by Gasteiger charge is 1.98. The van der Waals surface area contributed by atoms with Gasteiger partial charge in [0.25, 0.3) is 0 Å². The molecule has 17 heavy (non-hydrogen) atoms. The van der Waals surface area contributed by atoms with E-state index in [1.54, 1.807) is 24.5 Å². The molecule has 4 nitrogen and oxygen atoms in total. The predicted molar refractivity (Wildman–Crippen MR) is 67.2 cm³/mol. The Morgan fingerprint density at radius 3 is 2.29 bits per heavy atom. The number of phenolic OH excluding ortho intramolecular Hbond substituents is 1. The zero-order valence-corrected chi connectivity index (χ0v) is 9.63. The van der Waals surface area contributed by atoms with Crippen molar-refractivity contribution in [2.75, 3.05) is 5.73 Å². The largest absolute Gasteiger partial charge is 0.507 e. The molecule has 0 spiro atoms. The van der Waals surface area contributed by atoms with E-state index >= 15 is 0 Å². The molecule has 1 aromatic heterocycles. The number of halogens is 1. The maximum atomic E-state index is 10.2. The van der Waals surface area contributed by atoms with Crippen molar-refractivity contribution in [1.29, 1.82) is 0 Å². The van der Waals surface area contributed by atoms with Crippen LogP contribution >= 0.6 is 11.6 Å². The summed E-state index contributed by atoms with van der Waals surface area (Å²) in [6, 6.07) is 7.81. The van der Waals surface area contributed by atoms with Crippen LogP contribution in [0.5, 0.6) is 5.75 Å². The Morgan fingerprint density at radius 2 is 1.88 bits per heavy atom. The average Bonchev–Trinajstić information content (AvgIpc) is 2.34. The van der Waals surface area contributed by atoms with Crippen molar-refractivity contribution in [2.45, 2.75) is 0 Å². The van der Waals surface area contributed by atoms with Gasteiger partial charge in [-0.2, -0.15) is 0 Å². The van der Waals surface area contributed by atoms with Gasteiger partial charge in [0.05, 0.1) is 5.56 Å². The molecule has 0 atom stereocenters. The van der Waals surface area contributed by atoms with E-state index in [1.807, 2.05) is 0 Å². The number of aldehydes is 1. The lowest BCUT2D eigenvalue weighted by Crippen LogP contribution is -1.81. The number of hydrogen-bond donors (Lipinski definition) is 2. The van der Waals surface area contributed by atoms with Gasteiger partial charge >= 0.3 is 0 Å². The van der Waals surface area contributed by atoms with E-state index in [2.05, 4.69) is 4.98 Å². The van der Waals surface area contributed by atoms with Crippen molar-refractivity contribution in [3.05, 3.63) is 53.3 Å². The van der Waals surface area contributed by atoms with Gasteiger partial charge in [0.15, 0.2) is 6.29 Å². The lowest BCUT2D eigenvalue weighted by molar-refractivity contribution is 0.112.